The largest absolute Gasteiger partial charge is 0.508 e. The van der Waals surface area contributed by atoms with E-state index in [4.69, 9.17) is 4.74 Å². The molecule has 0 aliphatic carbocycles. The van der Waals surface area contributed by atoms with Crippen LogP contribution in [0.15, 0.2) is 91.1 Å². The molecular weight excluding hydrogens is 496 g/mol. The summed E-state index contributed by atoms with van der Waals surface area (Å²) in [4.78, 5) is 4.21. The molecule has 192 valence electrons. The molecule has 0 atom stereocenters. The standard InChI is InChI=1S/C28H21F6NO2/c1-2-18-4-3-5-19(16-18)20-6-15-25(35-17-20)37-24-13-9-22(10-14-24)26(27(29,30)31,28(32,33)34)21-7-11-23(36)12-8-21/h3-17,36H,2H2,1H3. The van der Waals surface area contributed by atoms with Crippen molar-refractivity contribution in [3.05, 3.63) is 108 Å². The van der Waals surface area contributed by atoms with E-state index in [1.54, 1.807) is 18.3 Å². The number of hydrogen-bond donors (Lipinski definition) is 1. The van der Waals surface area contributed by atoms with Gasteiger partial charge in [-0.2, -0.15) is 26.3 Å². The molecule has 4 aromatic rings. The van der Waals surface area contributed by atoms with E-state index in [2.05, 4.69) is 4.98 Å². The number of aromatic nitrogens is 1. The summed E-state index contributed by atoms with van der Waals surface area (Å²) in [6.45, 7) is 2.04. The smallest absolute Gasteiger partial charge is 0.411 e. The Labute approximate surface area is 209 Å². The van der Waals surface area contributed by atoms with E-state index in [-0.39, 0.29) is 11.6 Å². The highest BCUT2D eigenvalue weighted by Crippen LogP contribution is 2.56. The number of ether oxygens (including phenoxy) is 1. The van der Waals surface area contributed by atoms with Crippen LogP contribution in [0, 0.1) is 0 Å². The Kier molecular flexibility index (Phi) is 6.90. The van der Waals surface area contributed by atoms with Crippen LogP contribution in [0.1, 0.15) is 23.6 Å². The van der Waals surface area contributed by atoms with Gasteiger partial charge in [0, 0.05) is 17.8 Å². The van der Waals surface area contributed by atoms with Crippen LogP contribution in [0.4, 0.5) is 26.3 Å². The summed E-state index contributed by atoms with van der Waals surface area (Å²) >= 11 is 0. The van der Waals surface area contributed by atoms with E-state index >= 15 is 0 Å². The van der Waals surface area contributed by atoms with Crippen LogP contribution >= 0.6 is 0 Å². The second-order valence-electron chi connectivity index (χ2n) is 8.36. The molecule has 0 amide bonds. The zero-order valence-corrected chi connectivity index (χ0v) is 19.4. The summed E-state index contributed by atoms with van der Waals surface area (Å²) < 4.78 is 90.7. The second-order valence-corrected chi connectivity index (χ2v) is 8.36. The number of rotatable bonds is 6. The molecule has 3 nitrogen and oxygen atoms in total. The van der Waals surface area contributed by atoms with Crippen molar-refractivity contribution in [1.29, 1.82) is 0 Å². The first-order chi connectivity index (χ1) is 17.5. The Balaban J connectivity index is 1.65. The number of nitrogens with zero attached hydrogens (tertiary/aromatic N) is 1. The van der Waals surface area contributed by atoms with Crippen molar-refractivity contribution in [1.82, 2.24) is 4.98 Å². The molecule has 1 aromatic heterocycles. The first-order valence-electron chi connectivity index (χ1n) is 11.2. The minimum Gasteiger partial charge on any atom is -0.508 e. The van der Waals surface area contributed by atoms with Crippen LogP contribution in [0.3, 0.4) is 0 Å². The molecule has 0 radical (unpaired) electrons. The van der Waals surface area contributed by atoms with Crippen molar-refractivity contribution in [2.24, 2.45) is 0 Å². The summed E-state index contributed by atoms with van der Waals surface area (Å²) in [5.41, 5.74) is -3.48. The highest BCUT2D eigenvalue weighted by atomic mass is 19.4. The first-order valence-corrected chi connectivity index (χ1v) is 11.2. The topological polar surface area (TPSA) is 42.4 Å². The Hall–Kier alpha value is -4.01. The Morgan fingerprint density at radius 2 is 1.32 bits per heavy atom. The third-order valence-electron chi connectivity index (χ3n) is 6.07. The first kappa shape index (κ1) is 26.1. The molecule has 0 spiro atoms. The normalized spacial score (nSPS) is 12.4. The van der Waals surface area contributed by atoms with Gasteiger partial charge in [-0.05, 0) is 59.0 Å². The maximum Gasteiger partial charge on any atom is 0.411 e. The van der Waals surface area contributed by atoms with Crippen molar-refractivity contribution < 1.29 is 36.2 Å². The third-order valence-corrected chi connectivity index (χ3v) is 6.07. The van der Waals surface area contributed by atoms with Crippen molar-refractivity contribution in [2.75, 3.05) is 0 Å². The van der Waals surface area contributed by atoms with Gasteiger partial charge in [0.1, 0.15) is 11.5 Å². The number of benzene rings is 3. The molecule has 0 unspecified atom stereocenters. The lowest BCUT2D eigenvalue weighted by molar-refractivity contribution is -0.288. The molecule has 37 heavy (non-hydrogen) atoms. The summed E-state index contributed by atoms with van der Waals surface area (Å²) in [6, 6.07) is 17.5. The van der Waals surface area contributed by atoms with Crippen LogP contribution in [0.25, 0.3) is 11.1 Å². The molecule has 3 aromatic carbocycles. The molecule has 1 heterocycles. The fourth-order valence-electron chi connectivity index (χ4n) is 4.17. The monoisotopic (exact) mass is 517 g/mol. The van der Waals surface area contributed by atoms with Gasteiger partial charge in [0.25, 0.3) is 0 Å². The summed E-state index contributed by atoms with van der Waals surface area (Å²) in [6.07, 6.45) is -9.01. The molecule has 0 aliphatic heterocycles. The summed E-state index contributed by atoms with van der Waals surface area (Å²) in [5, 5.41) is 9.40. The molecule has 0 fully saturated rings. The molecule has 0 bridgehead atoms. The number of aromatic hydroxyl groups is 1. The number of hydrogen-bond acceptors (Lipinski definition) is 3. The Morgan fingerprint density at radius 3 is 1.84 bits per heavy atom. The number of phenolic OH excluding ortho intramolecular Hbond substituents is 1. The number of alkyl halides is 6. The minimum absolute atomic E-state index is 0.0148. The predicted molar refractivity (Wildman–Crippen MR) is 127 cm³/mol. The van der Waals surface area contributed by atoms with Gasteiger partial charge in [-0.25, -0.2) is 4.98 Å². The van der Waals surface area contributed by atoms with Crippen molar-refractivity contribution in [2.45, 2.75) is 31.1 Å². The van der Waals surface area contributed by atoms with Gasteiger partial charge in [-0.15, -0.1) is 0 Å². The second kappa shape index (κ2) is 9.80. The van der Waals surface area contributed by atoms with E-state index in [9.17, 15) is 31.4 Å². The molecule has 4 rings (SSSR count). The maximum absolute atomic E-state index is 14.2. The van der Waals surface area contributed by atoms with Gasteiger partial charge >= 0.3 is 12.4 Å². The molecule has 0 saturated carbocycles. The van der Waals surface area contributed by atoms with E-state index in [1.807, 2.05) is 31.2 Å². The zero-order valence-electron chi connectivity index (χ0n) is 19.4. The maximum atomic E-state index is 14.2. The van der Waals surface area contributed by atoms with E-state index < -0.39 is 34.6 Å². The number of aryl methyl sites for hydroxylation is 1. The highest BCUT2D eigenvalue weighted by molar-refractivity contribution is 5.63. The van der Waals surface area contributed by atoms with Gasteiger partial charge in [0.2, 0.25) is 11.3 Å². The van der Waals surface area contributed by atoms with Crippen LogP contribution in [-0.2, 0) is 11.8 Å². The van der Waals surface area contributed by atoms with Gasteiger partial charge in [-0.3, -0.25) is 0 Å². The Morgan fingerprint density at radius 1 is 0.730 bits per heavy atom. The lowest BCUT2D eigenvalue weighted by Crippen LogP contribution is -2.54. The third kappa shape index (κ3) is 4.98. The van der Waals surface area contributed by atoms with Gasteiger partial charge in [0.05, 0.1) is 0 Å². The van der Waals surface area contributed by atoms with Crippen molar-refractivity contribution >= 4 is 0 Å². The van der Waals surface area contributed by atoms with E-state index in [0.29, 0.717) is 12.1 Å². The van der Waals surface area contributed by atoms with Crippen molar-refractivity contribution in [3.63, 3.8) is 0 Å². The fraction of sp³-hybridized carbons (Fsp3) is 0.179. The Bertz CT molecular complexity index is 1330. The molecule has 0 saturated heterocycles. The lowest BCUT2D eigenvalue weighted by Gasteiger charge is -2.38. The number of phenols is 1. The fourth-order valence-corrected chi connectivity index (χ4v) is 4.17. The quantitative estimate of drug-likeness (QED) is 0.262. The predicted octanol–water partition coefficient (Wildman–Crippen LogP) is 8.22. The number of pyridine rings is 1. The van der Waals surface area contributed by atoms with E-state index in [0.717, 1.165) is 59.5 Å². The molecule has 9 heteroatoms. The molecular formula is C28H21F6NO2. The number of halogens is 6. The van der Waals surface area contributed by atoms with Crippen LogP contribution < -0.4 is 4.74 Å². The zero-order chi connectivity index (χ0) is 26.8. The van der Waals surface area contributed by atoms with Gasteiger partial charge < -0.3 is 9.84 Å². The van der Waals surface area contributed by atoms with E-state index in [1.165, 1.54) is 0 Å². The average Bonchev–Trinajstić information content (AvgIpc) is 2.85. The molecule has 1 N–H and O–H groups in total. The minimum atomic E-state index is -5.73. The van der Waals surface area contributed by atoms with Crippen LogP contribution in [0.5, 0.6) is 17.4 Å². The SMILES string of the molecule is CCc1cccc(-c2ccc(Oc3ccc(C(c4ccc(O)cc4)(C(F)(F)F)C(F)(F)F)cc3)nc2)c1. The highest BCUT2D eigenvalue weighted by Gasteiger charge is 2.72. The van der Waals surface area contributed by atoms with Gasteiger partial charge in [-0.1, -0.05) is 55.5 Å². The average molecular weight is 517 g/mol. The van der Waals surface area contributed by atoms with Crippen molar-refractivity contribution in [3.8, 4) is 28.5 Å². The summed E-state index contributed by atoms with van der Waals surface area (Å²) in [7, 11) is 0. The molecule has 0 aliphatic rings. The van der Waals surface area contributed by atoms with Crippen LogP contribution in [0.2, 0.25) is 0 Å². The van der Waals surface area contributed by atoms with Crippen LogP contribution in [-0.4, -0.2) is 22.4 Å². The lowest BCUT2D eigenvalue weighted by atomic mass is 9.73. The van der Waals surface area contributed by atoms with Gasteiger partial charge in [0.15, 0.2) is 0 Å². The summed E-state index contributed by atoms with van der Waals surface area (Å²) in [5.74, 6) is -0.317.